The zero-order valence-electron chi connectivity index (χ0n) is 15.7. The lowest BCUT2D eigenvalue weighted by molar-refractivity contribution is -0.116. The number of carbonyl (C=O) groups excluding carboxylic acids is 1. The molecule has 0 amide bonds. The third kappa shape index (κ3) is 4.67. The largest absolute Gasteiger partial charge is 0.504 e. The van der Waals surface area contributed by atoms with Crippen molar-refractivity contribution >= 4 is 16.8 Å². The van der Waals surface area contributed by atoms with E-state index in [1.807, 2.05) is 6.92 Å². The maximum atomic E-state index is 12.2. The second kappa shape index (κ2) is 8.54. The number of fused-ring (bicyclic) bond motifs is 1. The van der Waals surface area contributed by atoms with E-state index in [9.17, 15) is 14.7 Å². The van der Waals surface area contributed by atoms with Crippen LogP contribution in [-0.2, 0) is 16.0 Å². The van der Waals surface area contributed by atoms with Gasteiger partial charge in [0.2, 0.25) is 0 Å². The van der Waals surface area contributed by atoms with Gasteiger partial charge in [0.15, 0.2) is 11.5 Å². The standard InChI is InChI=1S/C20H25NO6/c1-13(22)3-4-15-14(2)16-11-19(17(23)12-18(16)27-20(15)24)26-10-7-21-5-8-25-9-6-21/h11-12,23H,3-10H2,1-2H3. The third-order valence-corrected chi connectivity index (χ3v) is 4.86. The first kappa shape index (κ1) is 19.4. The highest BCUT2D eigenvalue weighted by Crippen LogP contribution is 2.33. The van der Waals surface area contributed by atoms with Gasteiger partial charge < -0.3 is 23.8 Å². The van der Waals surface area contributed by atoms with Gasteiger partial charge in [-0.2, -0.15) is 0 Å². The number of ketones is 1. The quantitative estimate of drug-likeness (QED) is 0.741. The molecule has 1 aliphatic rings. The number of nitrogens with zero attached hydrogens (tertiary/aromatic N) is 1. The summed E-state index contributed by atoms with van der Waals surface area (Å²) in [7, 11) is 0. The summed E-state index contributed by atoms with van der Waals surface area (Å²) in [6.45, 7) is 7.69. The van der Waals surface area contributed by atoms with Crippen LogP contribution in [0.25, 0.3) is 11.0 Å². The number of aryl methyl sites for hydroxylation is 1. The summed E-state index contributed by atoms with van der Waals surface area (Å²) < 4.78 is 16.4. The van der Waals surface area contributed by atoms with Crippen LogP contribution in [0.3, 0.4) is 0 Å². The fraction of sp³-hybridized carbons (Fsp3) is 0.500. The van der Waals surface area contributed by atoms with Gasteiger partial charge in [0.05, 0.1) is 13.2 Å². The number of morpholine rings is 1. The molecule has 1 fully saturated rings. The summed E-state index contributed by atoms with van der Waals surface area (Å²) in [4.78, 5) is 25.7. The van der Waals surface area contributed by atoms with E-state index < -0.39 is 5.63 Å². The van der Waals surface area contributed by atoms with Crippen molar-refractivity contribution in [2.45, 2.75) is 26.7 Å². The molecule has 0 spiro atoms. The Hall–Kier alpha value is -2.38. The van der Waals surface area contributed by atoms with Crippen LogP contribution in [0.4, 0.5) is 0 Å². The Labute approximate surface area is 157 Å². The summed E-state index contributed by atoms with van der Waals surface area (Å²) >= 11 is 0. The summed E-state index contributed by atoms with van der Waals surface area (Å²) in [6, 6.07) is 3.10. The van der Waals surface area contributed by atoms with E-state index in [-0.39, 0.29) is 18.0 Å². The summed E-state index contributed by atoms with van der Waals surface area (Å²) in [5.74, 6) is 0.306. The molecule has 0 aliphatic carbocycles. The third-order valence-electron chi connectivity index (χ3n) is 4.86. The lowest BCUT2D eigenvalue weighted by Gasteiger charge is -2.26. The fourth-order valence-electron chi connectivity index (χ4n) is 3.22. The Bertz CT molecular complexity index is 882. The molecule has 7 nitrogen and oxygen atoms in total. The maximum absolute atomic E-state index is 12.2. The van der Waals surface area contributed by atoms with Gasteiger partial charge in [-0.3, -0.25) is 4.90 Å². The number of phenols is 1. The van der Waals surface area contributed by atoms with Crippen molar-refractivity contribution in [3.63, 3.8) is 0 Å². The number of hydrogen-bond acceptors (Lipinski definition) is 7. The van der Waals surface area contributed by atoms with Gasteiger partial charge in [-0.15, -0.1) is 0 Å². The van der Waals surface area contributed by atoms with Gasteiger partial charge in [0.1, 0.15) is 18.0 Å². The van der Waals surface area contributed by atoms with Gasteiger partial charge in [0, 0.05) is 43.1 Å². The minimum Gasteiger partial charge on any atom is -0.504 e. The molecule has 0 atom stereocenters. The van der Waals surface area contributed by atoms with Crippen LogP contribution in [0.2, 0.25) is 0 Å². The minimum atomic E-state index is -0.471. The lowest BCUT2D eigenvalue weighted by Crippen LogP contribution is -2.38. The molecule has 146 valence electrons. The Morgan fingerprint density at radius 1 is 1.30 bits per heavy atom. The van der Waals surface area contributed by atoms with Crippen LogP contribution in [0, 0.1) is 6.92 Å². The Morgan fingerprint density at radius 3 is 2.74 bits per heavy atom. The van der Waals surface area contributed by atoms with Crippen LogP contribution in [0.5, 0.6) is 11.5 Å². The van der Waals surface area contributed by atoms with Crippen LogP contribution in [0.1, 0.15) is 24.5 Å². The number of Topliss-reactive ketones (excluding diaryl/α,β-unsaturated/α-hetero) is 1. The topological polar surface area (TPSA) is 89.2 Å². The van der Waals surface area contributed by atoms with E-state index in [0.29, 0.717) is 35.3 Å². The van der Waals surface area contributed by atoms with Crippen molar-refractivity contribution in [3.8, 4) is 11.5 Å². The average Bonchev–Trinajstić information content (AvgIpc) is 2.63. The molecule has 0 radical (unpaired) electrons. The minimum absolute atomic E-state index is 0.0201. The maximum Gasteiger partial charge on any atom is 0.339 e. The first-order valence-corrected chi connectivity index (χ1v) is 9.17. The van der Waals surface area contributed by atoms with Crippen molar-refractivity contribution in [1.29, 1.82) is 0 Å². The molecule has 1 saturated heterocycles. The summed E-state index contributed by atoms with van der Waals surface area (Å²) in [6.07, 6.45) is 0.631. The van der Waals surface area contributed by atoms with Crippen LogP contribution >= 0.6 is 0 Å². The number of carbonyl (C=O) groups is 1. The van der Waals surface area contributed by atoms with E-state index in [4.69, 9.17) is 13.9 Å². The number of ether oxygens (including phenoxy) is 2. The number of hydrogen-bond donors (Lipinski definition) is 1. The summed E-state index contributed by atoms with van der Waals surface area (Å²) in [5.41, 5.74) is 1.08. The smallest absolute Gasteiger partial charge is 0.339 e. The predicted octanol–water partition coefficient (Wildman–Crippen LogP) is 2.04. The molecule has 1 aromatic carbocycles. The molecular weight excluding hydrogens is 350 g/mol. The Kier molecular flexibility index (Phi) is 6.13. The van der Waals surface area contributed by atoms with Gasteiger partial charge in [-0.05, 0) is 31.9 Å². The van der Waals surface area contributed by atoms with E-state index in [2.05, 4.69) is 4.90 Å². The number of benzene rings is 1. The molecule has 1 aromatic heterocycles. The van der Waals surface area contributed by atoms with Crippen molar-refractivity contribution in [1.82, 2.24) is 4.90 Å². The number of rotatable bonds is 7. The summed E-state index contributed by atoms with van der Waals surface area (Å²) in [5, 5.41) is 10.9. The fourth-order valence-corrected chi connectivity index (χ4v) is 3.22. The predicted molar refractivity (Wildman–Crippen MR) is 101 cm³/mol. The highest BCUT2D eigenvalue weighted by molar-refractivity contribution is 5.85. The van der Waals surface area contributed by atoms with Crippen LogP contribution in [0.15, 0.2) is 21.3 Å². The highest BCUT2D eigenvalue weighted by Gasteiger charge is 2.16. The molecule has 3 rings (SSSR count). The van der Waals surface area contributed by atoms with E-state index in [0.717, 1.165) is 38.4 Å². The van der Waals surface area contributed by atoms with Gasteiger partial charge >= 0.3 is 5.63 Å². The Balaban J connectivity index is 1.80. The number of aromatic hydroxyl groups is 1. The molecule has 27 heavy (non-hydrogen) atoms. The first-order chi connectivity index (χ1) is 13.0. The molecule has 1 aliphatic heterocycles. The molecule has 1 N–H and O–H groups in total. The van der Waals surface area contributed by atoms with Crippen LogP contribution in [-0.4, -0.2) is 55.2 Å². The molecule has 2 heterocycles. The lowest BCUT2D eigenvalue weighted by atomic mass is 10.0. The second-order valence-corrected chi connectivity index (χ2v) is 6.81. The monoisotopic (exact) mass is 375 g/mol. The van der Waals surface area contributed by atoms with E-state index >= 15 is 0 Å². The van der Waals surface area contributed by atoms with E-state index in [1.54, 1.807) is 6.07 Å². The normalized spacial score (nSPS) is 15.2. The number of phenolic OH excluding ortho intramolecular Hbond substituents is 1. The zero-order chi connectivity index (χ0) is 19.4. The molecule has 0 saturated carbocycles. The van der Waals surface area contributed by atoms with Crippen molar-refractivity contribution in [2.24, 2.45) is 0 Å². The molecule has 2 aromatic rings. The van der Waals surface area contributed by atoms with E-state index in [1.165, 1.54) is 13.0 Å². The van der Waals surface area contributed by atoms with Gasteiger partial charge in [-0.1, -0.05) is 0 Å². The SMILES string of the molecule is CC(=O)CCc1c(C)c2cc(OCCN3CCOCC3)c(O)cc2oc1=O. The molecular formula is C20H25NO6. The Morgan fingerprint density at radius 2 is 2.04 bits per heavy atom. The molecule has 0 bridgehead atoms. The van der Waals surface area contributed by atoms with Crippen molar-refractivity contribution in [3.05, 3.63) is 33.7 Å². The highest BCUT2D eigenvalue weighted by atomic mass is 16.5. The van der Waals surface area contributed by atoms with Gasteiger partial charge in [0.25, 0.3) is 0 Å². The second-order valence-electron chi connectivity index (χ2n) is 6.81. The van der Waals surface area contributed by atoms with Crippen LogP contribution < -0.4 is 10.4 Å². The van der Waals surface area contributed by atoms with Crippen molar-refractivity contribution in [2.75, 3.05) is 39.5 Å². The molecule has 0 unspecified atom stereocenters. The first-order valence-electron chi connectivity index (χ1n) is 9.17. The van der Waals surface area contributed by atoms with Crippen molar-refractivity contribution < 1.29 is 23.8 Å². The van der Waals surface area contributed by atoms with Gasteiger partial charge in [-0.25, -0.2) is 4.79 Å². The molecule has 7 heteroatoms. The average molecular weight is 375 g/mol. The zero-order valence-corrected chi connectivity index (χ0v) is 15.7.